The maximum atomic E-state index is 13.6. The van der Waals surface area contributed by atoms with Gasteiger partial charge >= 0.3 is 0 Å². The van der Waals surface area contributed by atoms with Crippen molar-refractivity contribution in [3.8, 4) is 5.75 Å². The van der Waals surface area contributed by atoms with Crippen LogP contribution in [0.2, 0.25) is 0 Å². The second kappa shape index (κ2) is 12.3. The van der Waals surface area contributed by atoms with Crippen molar-refractivity contribution >= 4 is 11.8 Å². The highest BCUT2D eigenvalue weighted by Crippen LogP contribution is 2.36. The highest BCUT2D eigenvalue weighted by Gasteiger charge is 2.39. The molecule has 3 N–H and O–H groups in total. The predicted molar refractivity (Wildman–Crippen MR) is 151 cm³/mol. The molecule has 2 aromatic carbocycles. The van der Waals surface area contributed by atoms with Crippen molar-refractivity contribution in [2.45, 2.75) is 94.2 Å². The van der Waals surface area contributed by atoms with E-state index in [1.54, 1.807) is 0 Å². The van der Waals surface area contributed by atoms with Gasteiger partial charge in [0.25, 0.3) is 5.91 Å². The summed E-state index contributed by atoms with van der Waals surface area (Å²) in [5.74, 6) is 0.877. The molecule has 214 valence electrons. The van der Waals surface area contributed by atoms with Gasteiger partial charge in [-0.25, -0.2) is 0 Å². The Bertz CT molecular complexity index is 1180. The summed E-state index contributed by atoms with van der Waals surface area (Å²) < 4.78 is 12.5. The minimum Gasteiger partial charge on any atom is -0.493 e. The van der Waals surface area contributed by atoms with E-state index in [1.165, 1.54) is 31.2 Å². The van der Waals surface area contributed by atoms with Crippen LogP contribution < -0.4 is 15.4 Å². The van der Waals surface area contributed by atoms with Crippen LogP contribution >= 0.6 is 0 Å². The lowest BCUT2D eigenvalue weighted by atomic mass is 9.95. The molecule has 6 rings (SSSR count). The molecule has 3 aliphatic heterocycles. The normalized spacial score (nSPS) is 30.3. The van der Waals surface area contributed by atoms with Gasteiger partial charge < -0.3 is 25.2 Å². The van der Waals surface area contributed by atoms with E-state index in [1.807, 2.05) is 24.3 Å². The second-order valence-electron chi connectivity index (χ2n) is 11.9. The van der Waals surface area contributed by atoms with E-state index in [0.717, 1.165) is 12.0 Å². The van der Waals surface area contributed by atoms with Crippen molar-refractivity contribution in [2.75, 3.05) is 19.7 Å². The molecule has 4 aliphatic rings. The summed E-state index contributed by atoms with van der Waals surface area (Å²) in [5, 5.41) is 16.9. The van der Waals surface area contributed by atoms with Gasteiger partial charge in [0, 0.05) is 32.1 Å². The summed E-state index contributed by atoms with van der Waals surface area (Å²) in [6.07, 6.45) is 6.23. The Morgan fingerprint density at radius 2 is 1.80 bits per heavy atom. The SMILES string of the molecule is O=C1N[C@H]2C[C@@H](C(=O)NC[C@H]3O[C@H](CCOc4cc(C5CCCC5)ccc41)CC[C@@H]3O)N(Cc1ccccc1)C2. The fourth-order valence-corrected chi connectivity index (χ4v) is 6.86. The summed E-state index contributed by atoms with van der Waals surface area (Å²) in [6, 6.07) is 15.6. The van der Waals surface area contributed by atoms with Crippen LogP contribution in [-0.2, 0) is 16.1 Å². The number of aliphatic hydroxyl groups excluding tert-OH is 1. The highest BCUT2D eigenvalue weighted by atomic mass is 16.5. The molecule has 8 nitrogen and oxygen atoms in total. The monoisotopic (exact) mass is 547 g/mol. The summed E-state index contributed by atoms with van der Waals surface area (Å²) in [5.41, 5.74) is 2.89. The molecule has 5 atom stereocenters. The smallest absolute Gasteiger partial charge is 0.255 e. The molecule has 2 amide bonds. The number of fused-ring (bicyclic) bond motifs is 5. The first-order chi connectivity index (χ1) is 19.5. The Morgan fingerprint density at radius 1 is 0.975 bits per heavy atom. The van der Waals surface area contributed by atoms with E-state index in [0.29, 0.717) is 56.2 Å². The van der Waals surface area contributed by atoms with Gasteiger partial charge in [-0.2, -0.15) is 0 Å². The van der Waals surface area contributed by atoms with E-state index < -0.39 is 18.2 Å². The first-order valence-electron chi connectivity index (χ1n) is 15.0. The van der Waals surface area contributed by atoms with Crippen molar-refractivity contribution < 1.29 is 24.2 Å². The van der Waals surface area contributed by atoms with E-state index in [9.17, 15) is 14.7 Å². The van der Waals surface area contributed by atoms with Crippen molar-refractivity contribution in [2.24, 2.45) is 0 Å². The standard InChI is InChI=1S/C32H41N3O5/c36-28-13-11-25-14-15-39-29-16-23(22-8-4-5-9-22)10-12-26(29)31(37)34-24-17-27(32(38)33-18-30(28)40-25)35(20-24)19-21-6-2-1-3-7-21/h1-3,6-7,10,12,16,22,24-25,27-28,30,36H,4-5,8-9,11,13-15,17-20H2,(H,33,38)(H,34,37)/t24-,25-,27-,28-,30+/m0/s1. The van der Waals surface area contributed by atoms with Crippen LogP contribution in [0.4, 0.5) is 0 Å². The third-order valence-corrected chi connectivity index (χ3v) is 9.10. The molecule has 2 aromatic rings. The van der Waals surface area contributed by atoms with Crippen molar-refractivity contribution in [1.82, 2.24) is 15.5 Å². The van der Waals surface area contributed by atoms with Crippen LogP contribution in [0.15, 0.2) is 48.5 Å². The van der Waals surface area contributed by atoms with Gasteiger partial charge in [-0.3, -0.25) is 14.5 Å². The van der Waals surface area contributed by atoms with Crippen LogP contribution in [0.25, 0.3) is 0 Å². The van der Waals surface area contributed by atoms with Gasteiger partial charge in [-0.15, -0.1) is 0 Å². The molecule has 1 aliphatic carbocycles. The second-order valence-corrected chi connectivity index (χ2v) is 11.9. The number of likely N-dealkylation sites (tertiary alicyclic amines) is 1. The number of aliphatic hydroxyl groups is 1. The molecular formula is C32H41N3O5. The zero-order valence-electron chi connectivity index (χ0n) is 23.1. The first kappa shape index (κ1) is 27.2. The maximum absolute atomic E-state index is 13.6. The van der Waals surface area contributed by atoms with Gasteiger partial charge in [0.1, 0.15) is 11.9 Å². The number of benzene rings is 2. The molecule has 8 heteroatoms. The number of carbonyl (C=O) groups is 2. The Kier molecular flexibility index (Phi) is 8.37. The molecule has 2 saturated heterocycles. The van der Waals surface area contributed by atoms with Gasteiger partial charge in [0.2, 0.25) is 5.91 Å². The number of amides is 2. The number of nitrogens with zero attached hydrogens (tertiary/aromatic N) is 1. The number of nitrogens with one attached hydrogen (secondary N) is 2. The molecule has 0 radical (unpaired) electrons. The van der Waals surface area contributed by atoms with Gasteiger partial charge in [0.05, 0.1) is 30.4 Å². The predicted octanol–water partition coefficient (Wildman–Crippen LogP) is 3.52. The number of rotatable bonds is 3. The van der Waals surface area contributed by atoms with Crippen LogP contribution in [0.1, 0.15) is 78.8 Å². The molecule has 3 fully saturated rings. The lowest BCUT2D eigenvalue weighted by molar-refractivity contribution is -0.133. The molecule has 40 heavy (non-hydrogen) atoms. The lowest BCUT2D eigenvalue weighted by Gasteiger charge is -2.34. The van der Waals surface area contributed by atoms with Gasteiger partial charge in [0.15, 0.2) is 0 Å². The summed E-state index contributed by atoms with van der Waals surface area (Å²) in [6.45, 7) is 1.86. The molecule has 4 bridgehead atoms. The third-order valence-electron chi connectivity index (χ3n) is 9.10. The van der Waals surface area contributed by atoms with Crippen molar-refractivity contribution in [1.29, 1.82) is 0 Å². The van der Waals surface area contributed by atoms with Crippen molar-refractivity contribution in [3.05, 3.63) is 65.2 Å². The topological polar surface area (TPSA) is 100 Å². The zero-order chi connectivity index (χ0) is 27.5. The lowest BCUT2D eigenvalue weighted by Crippen LogP contribution is -2.50. The Balaban J connectivity index is 1.27. The first-order valence-corrected chi connectivity index (χ1v) is 15.0. The number of carbonyl (C=O) groups excluding carboxylic acids is 2. The quantitative estimate of drug-likeness (QED) is 0.544. The van der Waals surface area contributed by atoms with Crippen LogP contribution in [0.5, 0.6) is 5.75 Å². The summed E-state index contributed by atoms with van der Waals surface area (Å²) in [4.78, 5) is 29.2. The van der Waals surface area contributed by atoms with Crippen LogP contribution in [0, 0.1) is 0 Å². The largest absolute Gasteiger partial charge is 0.493 e. The zero-order valence-corrected chi connectivity index (χ0v) is 23.1. The Labute approximate surface area is 236 Å². The average molecular weight is 548 g/mol. The number of hydrogen-bond donors (Lipinski definition) is 3. The highest BCUT2D eigenvalue weighted by molar-refractivity contribution is 5.97. The molecule has 0 spiro atoms. The maximum Gasteiger partial charge on any atom is 0.255 e. The molecular weight excluding hydrogens is 506 g/mol. The number of ether oxygens (including phenoxy) is 2. The van der Waals surface area contributed by atoms with E-state index >= 15 is 0 Å². The molecule has 0 aromatic heterocycles. The molecule has 1 saturated carbocycles. The van der Waals surface area contributed by atoms with Crippen molar-refractivity contribution in [3.63, 3.8) is 0 Å². The third kappa shape index (κ3) is 6.19. The molecule has 3 heterocycles. The minimum absolute atomic E-state index is 0.0704. The fraction of sp³-hybridized carbons (Fsp3) is 0.562. The van der Waals surface area contributed by atoms with Crippen LogP contribution in [0.3, 0.4) is 0 Å². The minimum atomic E-state index is -0.609. The number of hydrogen-bond acceptors (Lipinski definition) is 6. The molecule has 0 unspecified atom stereocenters. The summed E-state index contributed by atoms with van der Waals surface area (Å²) >= 11 is 0. The Morgan fingerprint density at radius 3 is 2.62 bits per heavy atom. The van der Waals surface area contributed by atoms with Crippen LogP contribution in [-0.4, -0.2) is 71.9 Å². The summed E-state index contributed by atoms with van der Waals surface area (Å²) in [7, 11) is 0. The van der Waals surface area contributed by atoms with Gasteiger partial charge in [-0.05, 0) is 61.3 Å². The fourth-order valence-electron chi connectivity index (χ4n) is 6.86. The van der Waals surface area contributed by atoms with E-state index in [4.69, 9.17) is 9.47 Å². The average Bonchev–Trinajstić information content (AvgIpc) is 3.64. The van der Waals surface area contributed by atoms with E-state index in [-0.39, 0.29) is 30.5 Å². The van der Waals surface area contributed by atoms with Gasteiger partial charge in [-0.1, -0.05) is 49.2 Å². The van der Waals surface area contributed by atoms with E-state index in [2.05, 4.69) is 39.8 Å². The Hall–Kier alpha value is -2.94.